The molecule has 2 aliphatic rings. The Morgan fingerprint density at radius 1 is 1.00 bits per heavy atom. The van der Waals surface area contributed by atoms with E-state index < -0.39 is 0 Å². The molecule has 2 heteroatoms. The van der Waals surface area contributed by atoms with Gasteiger partial charge in [0.05, 0.1) is 6.61 Å². The van der Waals surface area contributed by atoms with Crippen LogP contribution in [0, 0.1) is 11.8 Å². The predicted octanol–water partition coefficient (Wildman–Crippen LogP) is 3.36. The van der Waals surface area contributed by atoms with E-state index in [2.05, 4.69) is 12.2 Å². The topological polar surface area (TPSA) is 21.3 Å². The zero-order valence-corrected chi connectivity index (χ0v) is 11.4. The summed E-state index contributed by atoms with van der Waals surface area (Å²) in [5, 5.41) is 3.66. The zero-order chi connectivity index (χ0) is 11.9. The zero-order valence-electron chi connectivity index (χ0n) is 11.4. The minimum absolute atomic E-state index is 0.749. The van der Waals surface area contributed by atoms with Crippen molar-refractivity contribution in [2.45, 2.75) is 64.3 Å². The molecule has 2 aliphatic carbocycles. The monoisotopic (exact) mass is 239 g/mol. The van der Waals surface area contributed by atoms with Crippen molar-refractivity contribution in [2.24, 2.45) is 11.8 Å². The lowest BCUT2D eigenvalue weighted by Gasteiger charge is -2.29. The van der Waals surface area contributed by atoms with Crippen LogP contribution in [0.4, 0.5) is 0 Å². The van der Waals surface area contributed by atoms with Crippen LogP contribution in [0.1, 0.15) is 58.3 Å². The Bertz CT molecular complexity index is 203. The van der Waals surface area contributed by atoms with E-state index in [0.29, 0.717) is 0 Å². The van der Waals surface area contributed by atoms with Gasteiger partial charge in [0, 0.05) is 19.2 Å². The van der Waals surface area contributed by atoms with Crippen LogP contribution in [0.3, 0.4) is 0 Å². The maximum atomic E-state index is 5.70. The summed E-state index contributed by atoms with van der Waals surface area (Å²) in [6.45, 7) is 5.30. The average Bonchev–Trinajstić information content (AvgIpc) is 2.28. The second-order valence-electron chi connectivity index (χ2n) is 6.02. The maximum Gasteiger partial charge on any atom is 0.0591 e. The molecule has 0 heterocycles. The van der Waals surface area contributed by atoms with E-state index in [1.807, 2.05) is 0 Å². The molecule has 2 saturated carbocycles. The Balaban J connectivity index is 1.42. The van der Waals surface area contributed by atoms with Crippen LogP contribution in [0.5, 0.6) is 0 Å². The third-order valence-electron chi connectivity index (χ3n) is 4.66. The maximum absolute atomic E-state index is 5.70. The molecular formula is C15H29NO. The fourth-order valence-corrected chi connectivity index (χ4v) is 3.07. The molecule has 2 nitrogen and oxygen atoms in total. The largest absolute Gasteiger partial charge is 0.380 e. The minimum Gasteiger partial charge on any atom is -0.380 e. The molecule has 2 unspecified atom stereocenters. The summed E-state index contributed by atoms with van der Waals surface area (Å²) >= 11 is 0. The van der Waals surface area contributed by atoms with Crippen molar-refractivity contribution < 1.29 is 4.74 Å². The number of ether oxygens (including phenoxy) is 1. The van der Waals surface area contributed by atoms with E-state index in [9.17, 15) is 0 Å². The molecule has 0 radical (unpaired) electrons. The summed E-state index contributed by atoms with van der Waals surface area (Å²) in [6.07, 6.45) is 11.2. The Hall–Kier alpha value is -0.0800. The summed E-state index contributed by atoms with van der Waals surface area (Å²) in [6, 6.07) is 0.749. The third kappa shape index (κ3) is 4.59. The molecule has 0 aliphatic heterocycles. The molecule has 0 aromatic heterocycles. The van der Waals surface area contributed by atoms with Gasteiger partial charge in [0.2, 0.25) is 0 Å². The normalized spacial score (nSPS) is 30.2. The van der Waals surface area contributed by atoms with E-state index in [1.54, 1.807) is 0 Å². The highest BCUT2D eigenvalue weighted by molar-refractivity contribution is 4.77. The van der Waals surface area contributed by atoms with Crippen molar-refractivity contribution in [3.05, 3.63) is 0 Å². The standard InChI is InChI=1S/C15H29NO/c1-13-5-2-3-8-15(13)16-10-12-17-11-9-14-6-4-7-14/h13-16H,2-12H2,1H3. The average molecular weight is 239 g/mol. The lowest BCUT2D eigenvalue weighted by Crippen LogP contribution is -2.39. The first-order valence-electron chi connectivity index (χ1n) is 7.67. The van der Waals surface area contributed by atoms with Crippen molar-refractivity contribution in [1.82, 2.24) is 5.32 Å². The Morgan fingerprint density at radius 3 is 2.53 bits per heavy atom. The molecule has 100 valence electrons. The van der Waals surface area contributed by atoms with Gasteiger partial charge in [0.15, 0.2) is 0 Å². The van der Waals surface area contributed by atoms with Crippen LogP contribution >= 0.6 is 0 Å². The first-order chi connectivity index (χ1) is 8.36. The van der Waals surface area contributed by atoms with Crippen molar-refractivity contribution in [2.75, 3.05) is 19.8 Å². The summed E-state index contributed by atoms with van der Waals surface area (Å²) in [5.74, 6) is 1.85. The molecule has 0 aromatic rings. The van der Waals surface area contributed by atoms with Gasteiger partial charge in [-0.1, -0.05) is 39.0 Å². The SMILES string of the molecule is CC1CCCCC1NCCOCCC1CCC1. The number of hydrogen-bond acceptors (Lipinski definition) is 2. The van der Waals surface area contributed by atoms with Gasteiger partial charge in [0.1, 0.15) is 0 Å². The van der Waals surface area contributed by atoms with Gasteiger partial charge >= 0.3 is 0 Å². The summed E-state index contributed by atoms with van der Waals surface area (Å²) in [5.41, 5.74) is 0. The van der Waals surface area contributed by atoms with Crippen LogP contribution < -0.4 is 5.32 Å². The van der Waals surface area contributed by atoms with Crippen LogP contribution in [-0.2, 0) is 4.74 Å². The number of rotatable bonds is 7. The quantitative estimate of drug-likeness (QED) is 0.688. The van der Waals surface area contributed by atoms with Crippen molar-refractivity contribution in [3.8, 4) is 0 Å². The Kier molecular flexibility index (Phi) is 5.79. The van der Waals surface area contributed by atoms with Crippen molar-refractivity contribution >= 4 is 0 Å². The van der Waals surface area contributed by atoms with Gasteiger partial charge in [-0.15, -0.1) is 0 Å². The molecular weight excluding hydrogens is 210 g/mol. The van der Waals surface area contributed by atoms with Gasteiger partial charge in [-0.2, -0.15) is 0 Å². The molecule has 0 amide bonds. The Morgan fingerprint density at radius 2 is 1.82 bits per heavy atom. The lowest BCUT2D eigenvalue weighted by molar-refractivity contribution is 0.104. The summed E-state index contributed by atoms with van der Waals surface area (Å²) in [4.78, 5) is 0. The van der Waals surface area contributed by atoms with E-state index in [-0.39, 0.29) is 0 Å². The fraction of sp³-hybridized carbons (Fsp3) is 1.00. The molecule has 2 fully saturated rings. The molecule has 2 atom stereocenters. The van der Waals surface area contributed by atoms with E-state index in [0.717, 1.165) is 37.6 Å². The van der Waals surface area contributed by atoms with Crippen LogP contribution in [0.15, 0.2) is 0 Å². The molecule has 0 spiro atoms. The molecule has 17 heavy (non-hydrogen) atoms. The van der Waals surface area contributed by atoms with Crippen LogP contribution in [-0.4, -0.2) is 25.8 Å². The lowest BCUT2D eigenvalue weighted by atomic mass is 9.83. The third-order valence-corrected chi connectivity index (χ3v) is 4.66. The molecule has 0 bridgehead atoms. The van der Waals surface area contributed by atoms with E-state index in [4.69, 9.17) is 4.74 Å². The van der Waals surface area contributed by atoms with E-state index >= 15 is 0 Å². The number of nitrogens with one attached hydrogen (secondary N) is 1. The van der Waals surface area contributed by atoms with Gasteiger partial charge in [0.25, 0.3) is 0 Å². The molecule has 0 aromatic carbocycles. The van der Waals surface area contributed by atoms with Crippen LogP contribution in [0.25, 0.3) is 0 Å². The number of hydrogen-bond donors (Lipinski definition) is 1. The minimum atomic E-state index is 0.749. The van der Waals surface area contributed by atoms with Gasteiger partial charge < -0.3 is 10.1 Å². The first kappa shape index (κ1) is 13.4. The van der Waals surface area contributed by atoms with Gasteiger partial charge in [-0.05, 0) is 31.1 Å². The summed E-state index contributed by atoms with van der Waals surface area (Å²) < 4.78 is 5.70. The first-order valence-corrected chi connectivity index (χ1v) is 7.67. The van der Waals surface area contributed by atoms with Crippen molar-refractivity contribution in [3.63, 3.8) is 0 Å². The van der Waals surface area contributed by atoms with Crippen LogP contribution in [0.2, 0.25) is 0 Å². The second-order valence-corrected chi connectivity index (χ2v) is 6.02. The molecule has 0 saturated heterocycles. The second kappa shape index (κ2) is 7.38. The predicted molar refractivity (Wildman–Crippen MR) is 72.2 cm³/mol. The smallest absolute Gasteiger partial charge is 0.0591 e. The van der Waals surface area contributed by atoms with Crippen molar-refractivity contribution in [1.29, 1.82) is 0 Å². The highest BCUT2D eigenvalue weighted by Crippen LogP contribution is 2.29. The molecule has 2 rings (SSSR count). The van der Waals surface area contributed by atoms with E-state index in [1.165, 1.54) is 51.4 Å². The molecule has 1 N–H and O–H groups in total. The van der Waals surface area contributed by atoms with Gasteiger partial charge in [-0.25, -0.2) is 0 Å². The Labute approximate surface area is 107 Å². The summed E-state index contributed by atoms with van der Waals surface area (Å²) in [7, 11) is 0. The fourth-order valence-electron chi connectivity index (χ4n) is 3.07. The highest BCUT2D eigenvalue weighted by atomic mass is 16.5. The van der Waals surface area contributed by atoms with Gasteiger partial charge in [-0.3, -0.25) is 0 Å². The highest BCUT2D eigenvalue weighted by Gasteiger charge is 2.20.